The lowest BCUT2D eigenvalue weighted by molar-refractivity contribution is -0.385. The highest BCUT2D eigenvalue weighted by atomic mass is 79.9. The summed E-state index contributed by atoms with van der Waals surface area (Å²) in [5.41, 5.74) is 0.00172. The van der Waals surface area contributed by atoms with Gasteiger partial charge < -0.3 is 10.2 Å². The summed E-state index contributed by atoms with van der Waals surface area (Å²) >= 11 is 3.36. The molecule has 0 bridgehead atoms. The average molecular weight is 315 g/mol. The minimum Gasteiger partial charge on any atom is -0.353 e. The van der Waals surface area contributed by atoms with E-state index in [-0.39, 0.29) is 5.69 Å². The topological polar surface area (TPSA) is 71.3 Å². The molecule has 0 amide bonds. The Labute approximate surface area is 114 Å². The second-order valence-electron chi connectivity index (χ2n) is 4.63. The van der Waals surface area contributed by atoms with Crippen LogP contribution in [0, 0.1) is 10.1 Å². The molecule has 2 heterocycles. The van der Waals surface area contributed by atoms with Crippen LogP contribution in [0.1, 0.15) is 13.8 Å². The molecule has 2 rings (SSSR count). The third kappa shape index (κ3) is 2.78. The second-order valence-corrected chi connectivity index (χ2v) is 5.48. The molecular formula is C11H15BrN4O2. The van der Waals surface area contributed by atoms with Crippen molar-refractivity contribution in [3.63, 3.8) is 0 Å². The number of hydrogen-bond donors (Lipinski definition) is 1. The first kappa shape index (κ1) is 13.2. The van der Waals surface area contributed by atoms with Gasteiger partial charge >= 0.3 is 0 Å². The van der Waals surface area contributed by atoms with Gasteiger partial charge in [0.25, 0.3) is 5.69 Å². The Morgan fingerprint density at radius 3 is 2.61 bits per heavy atom. The van der Waals surface area contributed by atoms with Gasteiger partial charge in [-0.3, -0.25) is 10.1 Å². The Bertz CT molecular complexity index is 458. The summed E-state index contributed by atoms with van der Waals surface area (Å²) in [6, 6.07) is 2.25. The molecule has 7 heteroatoms. The maximum Gasteiger partial charge on any atom is 0.288 e. The molecule has 1 N–H and O–H groups in total. The number of piperazine rings is 1. The largest absolute Gasteiger partial charge is 0.353 e. The van der Waals surface area contributed by atoms with Crippen LogP contribution in [-0.4, -0.2) is 35.1 Å². The van der Waals surface area contributed by atoms with Crippen LogP contribution in [0.3, 0.4) is 0 Å². The van der Waals surface area contributed by atoms with Crippen molar-refractivity contribution in [3.05, 3.63) is 26.9 Å². The van der Waals surface area contributed by atoms with Crippen molar-refractivity contribution in [2.75, 3.05) is 18.0 Å². The first-order valence-corrected chi connectivity index (χ1v) is 6.57. The average Bonchev–Trinajstić information content (AvgIpc) is 2.27. The lowest BCUT2D eigenvalue weighted by Gasteiger charge is -2.37. The molecule has 0 spiro atoms. The van der Waals surface area contributed by atoms with Crippen molar-refractivity contribution >= 4 is 27.4 Å². The van der Waals surface area contributed by atoms with Gasteiger partial charge in [0.15, 0.2) is 0 Å². The molecular weight excluding hydrogens is 300 g/mol. The van der Waals surface area contributed by atoms with E-state index in [0.29, 0.717) is 16.6 Å². The summed E-state index contributed by atoms with van der Waals surface area (Å²) in [6.45, 7) is 5.91. The highest BCUT2D eigenvalue weighted by molar-refractivity contribution is 9.10. The third-order valence-electron chi connectivity index (χ3n) is 2.88. The minimum absolute atomic E-state index is 0.00172. The zero-order valence-electron chi connectivity index (χ0n) is 10.3. The SMILES string of the molecule is CC1CN(c2ncc([N+](=O)[O-])cc2Br)CC(C)N1. The van der Waals surface area contributed by atoms with E-state index in [4.69, 9.17) is 0 Å². The zero-order chi connectivity index (χ0) is 13.3. The van der Waals surface area contributed by atoms with Crippen LogP contribution in [-0.2, 0) is 0 Å². The molecule has 1 aliphatic rings. The van der Waals surface area contributed by atoms with Crippen molar-refractivity contribution in [1.29, 1.82) is 0 Å². The van der Waals surface area contributed by atoms with Gasteiger partial charge in [0.2, 0.25) is 0 Å². The Kier molecular flexibility index (Phi) is 3.82. The number of anilines is 1. The number of nitrogens with zero attached hydrogens (tertiary/aromatic N) is 3. The number of rotatable bonds is 2. The fourth-order valence-electron chi connectivity index (χ4n) is 2.25. The number of halogens is 1. The molecule has 1 aromatic heterocycles. The second kappa shape index (κ2) is 5.19. The van der Waals surface area contributed by atoms with Crippen molar-refractivity contribution < 1.29 is 4.92 Å². The standard InChI is InChI=1S/C11H15BrN4O2/c1-7-5-15(6-8(2)14-7)11-10(12)3-9(4-13-11)16(17)18/h3-4,7-8,14H,5-6H2,1-2H3. The molecule has 1 aliphatic heterocycles. The molecule has 98 valence electrons. The molecule has 0 saturated carbocycles. The van der Waals surface area contributed by atoms with Crippen molar-refractivity contribution in [3.8, 4) is 0 Å². The molecule has 0 aliphatic carbocycles. The van der Waals surface area contributed by atoms with E-state index in [0.717, 1.165) is 18.9 Å². The number of pyridine rings is 1. The first-order valence-electron chi connectivity index (χ1n) is 5.78. The van der Waals surface area contributed by atoms with E-state index in [1.54, 1.807) is 0 Å². The van der Waals surface area contributed by atoms with Gasteiger partial charge in [0.1, 0.15) is 12.0 Å². The van der Waals surface area contributed by atoms with E-state index in [1.807, 2.05) is 0 Å². The zero-order valence-corrected chi connectivity index (χ0v) is 11.8. The van der Waals surface area contributed by atoms with Crippen molar-refractivity contribution in [1.82, 2.24) is 10.3 Å². The molecule has 1 aromatic rings. The van der Waals surface area contributed by atoms with Crippen LogP contribution in [0.15, 0.2) is 16.7 Å². The Hall–Kier alpha value is -1.21. The molecule has 2 atom stereocenters. The van der Waals surface area contributed by atoms with Gasteiger partial charge in [0, 0.05) is 31.2 Å². The van der Waals surface area contributed by atoms with Crippen molar-refractivity contribution in [2.45, 2.75) is 25.9 Å². The van der Waals surface area contributed by atoms with Crippen LogP contribution in [0.25, 0.3) is 0 Å². The molecule has 0 aromatic carbocycles. The summed E-state index contributed by atoms with van der Waals surface area (Å²) < 4.78 is 0.665. The van der Waals surface area contributed by atoms with E-state index >= 15 is 0 Å². The van der Waals surface area contributed by atoms with Crippen LogP contribution in [0.5, 0.6) is 0 Å². The molecule has 2 unspecified atom stereocenters. The number of aromatic nitrogens is 1. The monoisotopic (exact) mass is 314 g/mol. The predicted octanol–water partition coefficient (Wildman–Crippen LogP) is 1.94. The predicted molar refractivity (Wildman–Crippen MR) is 72.9 cm³/mol. The normalized spacial score (nSPS) is 24.1. The molecule has 1 saturated heterocycles. The number of hydrogen-bond acceptors (Lipinski definition) is 5. The van der Waals surface area contributed by atoms with Crippen molar-refractivity contribution in [2.24, 2.45) is 0 Å². The van der Waals surface area contributed by atoms with Gasteiger partial charge in [-0.15, -0.1) is 0 Å². The van der Waals surface area contributed by atoms with Gasteiger partial charge in [-0.1, -0.05) is 0 Å². The summed E-state index contributed by atoms with van der Waals surface area (Å²) in [6.07, 6.45) is 1.30. The third-order valence-corrected chi connectivity index (χ3v) is 3.46. The van der Waals surface area contributed by atoms with E-state index in [9.17, 15) is 10.1 Å². The summed E-state index contributed by atoms with van der Waals surface area (Å²) in [4.78, 5) is 16.6. The lowest BCUT2D eigenvalue weighted by Crippen LogP contribution is -2.54. The maximum absolute atomic E-state index is 10.7. The molecule has 0 radical (unpaired) electrons. The molecule has 6 nitrogen and oxygen atoms in total. The van der Waals surface area contributed by atoms with Crippen LogP contribution in [0.2, 0.25) is 0 Å². The minimum atomic E-state index is -0.440. The fraction of sp³-hybridized carbons (Fsp3) is 0.545. The van der Waals surface area contributed by atoms with Crippen LogP contribution in [0.4, 0.5) is 11.5 Å². The lowest BCUT2D eigenvalue weighted by atomic mass is 10.1. The number of nitrogens with one attached hydrogen (secondary N) is 1. The molecule has 1 fully saturated rings. The Morgan fingerprint density at radius 2 is 2.11 bits per heavy atom. The van der Waals surface area contributed by atoms with Crippen LogP contribution >= 0.6 is 15.9 Å². The Balaban J connectivity index is 2.25. The molecule has 18 heavy (non-hydrogen) atoms. The highest BCUT2D eigenvalue weighted by Crippen LogP contribution is 2.28. The van der Waals surface area contributed by atoms with Gasteiger partial charge in [-0.25, -0.2) is 4.98 Å². The summed E-state index contributed by atoms with van der Waals surface area (Å²) in [5, 5.41) is 14.1. The summed E-state index contributed by atoms with van der Waals surface area (Å²) in [5.74, 6) is 0.765. The van der Waals surface area contributed by atoms with E-state index in [1.165, 1.54) is 12.3 Å². The number of nitro groups is 1. The van der Waals surface area contributed by atoms with Gasteiger partial charge in [-0.05, 0) is 29.8 Å². The van der Waals surface area contributed by atoms with Gasteiger partial charge in [-0.2, -0.15) is 0 Å². The smallest absolute Gasteiger partial charge is 0.288 e. The van der Waals surface area contributed by atoms with E-state index < -0.39 is 4.92 Å². The highest BCUT2D eigenvalue weighted by Gasteiger charge is 2.24. The van der Waals surface area contributed by atoms with Crippen LogP contribution < -0.4 is 10.2 Å². The van der Waals surface area contributed by atoms with E-state index in [2.05, 4.69) is 45.0 Å². The Morgan fingerprint density at radius 1 is 1.50 bits per heavy atom. The summed E-state index contributed by atoms with van der Waals surface area (Å²) in [7, 11) is 0. The first-order chi connectivity index (χ1) is 8.47. The quantitative estimate of drug-likeness (QED) is 0.667. The maximum atomic E-state index is 10.7. The van der Waals surface area contributed by atoms with Gasteiger partial charge in [0.05, 0.1) is 9.40 Å². The fourth-order valence-corrected chi connectivity index (χ4v) is 2.84.